The van der Waals surface area contributed by atoms with Gasteiger partial charge in [-0.05, 0) is 12.1 Å². The molecule has 0 fully saturated rings. The van der Waals surface area contributed by atoms with Crippen molar-refractivity contribution in [1.82, 2.24) is 0 Å². The molecule has 6 nitrogen and oxygen atoms in total. The number of hydrogen-bond acceptors (Lipinski definition) is 6. The first kappa shape index (κ1) is 15.0. The van der Waals surface area contributed by atoms with E-state index in [-0.39, 0.29) is 5.75 Å². The number of carboxylic acids is 2. The van der Waals surface area contributed by atoms with Crippen molar-refractivity contribution in [1.29, 1.82) is 0 Å². The monoisotopic (exact) mass is 281 g/mol. The SMILES string of the molecule is O=C([O-])C[C@H](SCC(=O)Nc1ccccc1)C(=O)[O-]. The molecule has 0 spiro atoms. The number of hydrogen-bond donors (Lipinski definition) is 1. The highest BCUT2D eigenvalue weighted by atomic mass is 32.2. The van der Waals surface area contributed by atoms with Crippen LogP contribution in [0.3, 0.4) is 0 Å². The highest BCUT2D eigenvalue weighted by molar-refractivity contribution is 8.01. The van der Waals surface area contributed by atoms with Crippen LogP contribution < -0.4 is 15.5 Å². The number of benzene rings is 1. The lowest BCUT2D eigenvalue weighted by Crippen LogP contribution is -2.39. The second kappa shape index (κ2) is 7.42. The maximum atomic E-state index is 11.5. The van der Waals surface area contributed by atoms with Gasteiger partial charge in [-0.25, -0.2) is 0 Å². The molecule has 19 heavy (non-hydrogen) atoms. The standard InChI is InChI=1S/C12H13NO5S/c14-10(13-8-4-2-1-3-5-8)7-19-9(12(17)18)6-11(15)16/h1-5,9H,6-7H2,(H,13,14)(H,15,16)(H,17,18)/p-2/t9-/m0/s1. The van der Waals surface area contributed by atoms with Crippen molar-refractivity contribution in [2.24, 2.45) is 0 Å². The lowest BCUT2D eigenvalue weighted by atomic mass is 10.3. The third kappa shape index (κ3) is 5.91. The number of carbonyl (C=O) groups is 3. The minimum absolute atomic E-state index is 0.180. The van der Waals surface area contributed by atoms with Gasteiger partial charge in [-0.15, -0.1) is 11.8 Å². The van der Waals surface area contributed by atoms with Crippen molar-refractivity contribution in [2.45, 2.75) is 11.7 Å². The van der Waals surface area contributed by atoms with Gasteiger partial charge >= 0.3 is 0 Å². The number of aliphatic carboxylic acids is 2. The largest absolute Gasteiger partial charge is 0.550 e. The second-order valence-electron chi connectivity index (χ2n) is 3.61. The number of anilines is 1. The zero-order chi connectivity index (χ0) is 14.3. The summed E-state index contributed by atoms with van der Waals surface area (Å²) in [6.07, 6.45) is -0.689. The average Bonchev–Trinajstić information content (AvgIpc) is 2.35. The number of carboxylic acid groups (broad SMARTS) is 2. The predicted octanol–water partition coefficient (Wildman–Crippen LogP) is -1.38. The van der Waals surface area contributed by atoms with Gasteiger partial charge in [0, 0.05) is 18.1 Å². The highest BCUT2D eigenvalue weighted by Gasteiger charge is 2.13. The Balaban J connectivity index is 2.44. The maximum Gasteiger partial charge on any atom is 0.234 e. The minimum Gasteiger partial charge on any atom is -0.550 e. The van der Waals surface area contributed by atoms with Crippen molar-refractivity contribution in [2.75, 3.05) is 11.1 Å². The summed E-state index contributed by atoms with van der Waals surface area (Å²) in [6, 6.07) is 8.63. The van der Waals surface area contributed by atoms with E-state index < -0.39 is 29.5 Å². The van der Waals surface area contributed by atoms with Gasteiger partial charge in [-0.2, -0.15) is 0 Å². The smallest absolute Gasteiger partial charge is 0.234 e. The normalized spacial score (nSPS) is 11.6. The second-order valence-corrected chi connectivity index (χ2v) is 4.80. The maximum absolute atomic E-state index is 11.5. The molecule has 0 aliphatic rings. The van der Waals surface area contributed by atoms with E-state index in [0.717, 1.165) is 0 Å². The van der Waals surface area contributed by atoms with Crippen molar-refractivity contribution < 1.29 is 24.6 Å². The molecule has 0 aromatic heterocycles. The van der Waals surface area contributed by atoms with E-state index in [2.05, 4.69) is 5.32 Å². The van der Waals surface area contributed by atoms with Crippen LogP contribution in [0.4, 0.5) is 5.69 Å². The van der Waals surface area contributed by atoms with Gasteiger partial charge in [0.15, 0.2) is 0 Å². The minimum atomic E-state index is -1.53. The fourth-order valence-corrected chi connectivity index (χ4v) is 2.07. The number of carbonyl (C=O) groups excluding carboxylic acids is 3. The molecule has 1 rings (SSSR count). The van der Waals surface area contributed by atoms with Gasteiger partial charge in [0.2, 0.25) is 5.91 Å². The van der Waals surface area contributed by atoms with Crippen molar-refractivity contribution in [3.8, 4) is 0 Å². The van der Waals surface area contributed by atoms with Crippen LogP contribution in [0.2, 0.25) is 0 Å². The first-order valence-corrected chi connectivity index (χ1v) is 6.41. The van der Waals surface area contributed by atoms with Crippen molar-refractivity contribution in [3.05, 3.63) is 30.3 Å². The molecule has 0 saturated carbocycles. The van der Waals surface area contributed by atoms with Crippen LogP contribution in [0, 0.1) is 0 Å². The molecule has 1 N–H and O–H groups in total. The lowest BCUT2D eigenvalue weighted by molar-refractivity contribution is -0.314. The topological polar surface area (TPSA) is 109 Å². The van der Waals surface area contributed by atoms with Gasteiger partial charge in [0.05, 0.1) is 17.0 Å². The molecule has 1 amide bonds. The molecule has 0 aliphatic carbocycles. The summed E-state index contributed by atoms with van der Waals surface area (Å²) >= 11 is 0.690. The third-order valence-corrected chi connectivity index (χ3v) is 3.28. The molecule has 0 aliphatic heterocycles. The molecular weight excluding hydrogens is 270 g/mol. The number of thioether (sulfide) groups is 1. The summed E-state index contributed by atoms with van der Waals surface area (Å²) in [7, 11) is 0. The van der Waals surface area contributed by atoms with E-state index in [0.29, 0.717) is 17.4 Å². The van der Waals surface area contributed by atoms with E-state index in [1.54, 1.807) is 30.3 Å². The third-order valence-electron chi connectivity index (χ3n) is 2.09. The number of nitrogens with one attached hydrogen (secondary N) is 1. The molecule has 0 unspecified atom stereocenters. The summed E-state index contributed by atoms with van der Waals surface area (Å²) in [4.78, 5) is 32.5. The van der Waals surface area contributed by atoms with Crippen molar-refractivity contribution >= 4 is 35.3 Å². The first-order chi connectivity index (χ1) is 8.99. The van der Waals surface area contributed by atoms with Gasteiger partial charge in [-0.1, -0.05) is 18.2 Å². The Labute approximate surface area is 113 Å². The summed E-state index contributed by atoms with van der Waals surface area (Å²) in [5.41, 5.74) is 0.581. The summed E-state index contributed by atoms with van der Waals surface area (Å²) in [6.45, 7) is 0. The Morgan fingerprint density at radius 3 is 2.32 bits per heavy atom. The number of rotatable bonds is 7. The molecule has 0 radical (unpaired) electrons. The molecule has 0 bridgehead atoms. The van der Waals surface area contributed by atoms with E-state index in [9.17, 15) is 24.6 Å². The average molecular weight is 281 g/mol. The molecule has 1 atom stereocenters. The van der Waals surface area contributed by atoms with Gasteiger partial charge < -0.3 is 25.1 Å². The predicted molar refractivity (Wildman–Crippen MR) is 65.9 cm³/mol. The van der Waals surface area contributed by atoms with Crippen LogP contribution in [0.5, 0.6) is 0 Å². The number of para-hydroxylation sites is 1. The van der Waals surface area contributed by atoms with Crippen molar-refractivity contribution in [3.63, 3.8) is 0 Å². The van der Waals surface area contributed by atoms with E-state index in [1.165, 1.54) is 0 Å². The Morgan fingerprint density at radius 1 is 1.16 bits per heavy atom. The Hall–Kier alpha value is -2.02. The molecule has 1 aromatic carbocycles. The molecule has 1 aromatic rings. The Bertz CT molecular complexity index is 462. The molecular formula is C12H11NO5S-2. The fraction of sp³-hybridized carbons (Fsp3) is 0.250. The zero-order valence-electron chi connectivity index (χ0n) is 9.83. The van der Waals surface area contributed by atoms with Gasteiger partial charge in [0.25, 0.3) is 0 Å². The Morgan fingerprint density at radius 2 is 1.79 bits per heavy atom. The van der Waals surface area contributed by atoms with Crippen LogP contribution in [-0.2, 0) is 14.4 Å². The zero-order valence-corrected chi connectivity index (χ0v) is 10.6. The van der Waals surface area contributed by atoms with Crippen LogP contribution >= 0.6 is 11.8 Å². The quantitative estimate of drug-likeness (QED) is 0.659. The van der Waals surface area contributed by atoms with E-state index in [4.69, 9.17) is 0 Å². The number of amides is 1. The van der Waals surface area contributed by atoms with E-state index in [1.807, 2.05) is 0 Å². The highest BCUT2D eigenvalue weighted by Crippen LogP contribution is 2.14. The lowest BCUT2D eigenvalue weighted by Gasteiger charge is -2.17. The summed E-state index contributed by atoms with van der Waals surface area (Å²) in [5.74, 6) is -3.62. The van der Waals surface area contributed by atoms with E-state index >= 15 is 0 Å². The Kier molecular flexibility index (Phi) is 5.87. The summed E-state index contributed by atoms with van der Waals surface area (Å²) in [5, 5.41) is 22.2. The molecule has 0 heterocycles. The van der Waals surface area contributed by atoms with Crippen LogP contribution in [0.1, 0.15) is 6.42 Å². The molecule has 7 heteroatoms. The van der Waals surface area contributed by atoms with Gasteiger partial charge in [0.1, 0.15) is 0 Å². The first-order valence-electron chi connectivity index (χ1n) is 5.36. The molecule has 102 valence electrons. The fourth-order valence-electron chi connectivity index (χ4n) is 1.26. The van der Waals surface area contributed by atoms with Gasteiger partial charge in [-0.3, -0.25) is 4.79 Å². The van der Waals surface area contributed by atoms with Crippen LogP contribution in [0.25, 0.3) is 0 Å². The summed E-state index contributed by atoms with van der Waals surface area (Å²) < 4.78 is 0. The van der Waals surface area contributed by atoms with Crippen LogP contribution in [-0.4, -0.2) is 28.8 Å². The van der Waals surface area contributed by atoms with Crippen LogP contribution in [0.15, 0.2) is 30.3 Å². The molecule has 0 saturated heterocycles.